The topological polar surface area (TPSA) is 26.3 Å². The SMILES string of the molecule is CC(C)(C)OC(=O)/C=C/c1cc(Cl)cc(Cl)c1. The van der Waals surface area contributed by atoms with Crippen molar-refractivity contribution in [3.63, 3.8) is 0 Å². The summed E-state index contributed by atoms with van der Waals surface area (Å²) in [5.41, 5.74) is 0.265. The highest BCUT2D eigenvalue weighted by Gasteiger charge is 2.13. The second kappa shape index (κ2) is 5.56. The first-order valence-electron chi connectivity index (χ1n) is 5.13. The molecule has 0 spiro atoms. The molecule has 0 saturated carbocycles. The molecule has 0 aliphatic carbocycles. The maximum Gasteiger partial charge on any atom is 0.331 e. The highest BCUT2D eigenvalue weighted by atomic mass is 35.5. The van der Waals surface area contributed by atoms with Crippen molar-refractivity contribution in [1.82, 2.24) is 0 Å². The molecular formula is C13H14Cl2O2. The molecular weight excluding hydrogens is 259 g/mol. The Kier molecular flexibility index (Phi) is 4.61. The van der Waals surface area contributed by atoms with E-state index in [1.54, 1.807) is 24.3 Å². The Hall–Kier alpha value is -0.990. The molecule has 0 amide bonds. The lowest BCUT2D eigenvalue weighted by Gasteiger charge is -2.17. The van der Waals surface area contributed by atoms with Gasteiger partial charge in [0.2, 0.25) is 0 Å². The fourth-order valence-electron chi connectivity index (χ4n) is 1.17. The van der Waals surface area contributed by atoms with E-state index >= 15 is 0 Å². The minimum absolute atomic E-state index is 0.395. The van der Waals surface area contributed by atoms with E-state index in [0.717, 1.165) is 5.56 Å². The van der Waals surface area contributed by atoms with E-state index in [1.165, 1.54) is 6.08 Å². The summed E-state index contributed by atoms with van der Waals surface area (Å²) in [6.45, 7) is 5.44. The minimum atomic E-state index is -0.493. The summed E-state index contributed by atoms with van der Waals surface area (Å²) < 4.78 is 5.13. The van der Waals surface area contributed by atoms with Gasteiger partial charge in [0.25, 0.3) is 0 Å². The van der Waals surface area contributed by atoms with Gasteiger partial charge in [-0.3, -0.25) is 0 Å². The third-order valence-electron chi connectivity index (χ3n) is 1.70. The molecule has 0 fully saturated rings. The third kappa shape index (κ3) is 5.76. The van der Waals surface area contributed by atoms with Gasteiger partial charge in [0.15, 0.2) is 0 Å². The molecule has 0 heterocycles. The number of benzene rings is 1. The van der Waals surface area contributed by atoms with Crippen LogP contribution in [0.3, 0.4) is 0 Å². The van der Waals surface area contributed by atoms with E-state index < -0.39 is 11.6 Å². The highest BCUT2D eigenvalue weighted by molar-refractivity contribution is 6.34. The first kappa shape index (κ1) is 14.1. The number of hydrogen-bond acceptors (Lipinski definition) is 2. The molecule has 0 saturated heterocycles. The van der Waals surface area contributed by atoms with E-state index in [2.05, 4.69) is 0 Å². The van der Waals surface area contributed by atoms with Crippen LogP contribution in [0.4, 0.5) is 0 Å². The molecule has 0 radical (unpaired) electrons. The molecule has 92 valence electrons. The lowest BCUT2D eigenvalue weighted by atomic mass is 10.2. The summed E-state index contributed by atoms with van der Waals surface area (Å²) in [7, 11) is 0. The lowest BCUT2D eigenvalue weighted by Crippen LogP contribution is -2.22. The molecule has 0 aliphatic heterocycles. The van der Waals surface area contributed by atoms with E-state index in [0.29, 0.717) is 10.0 Å². The smallest absolute Gasteiger partial charge is 0.331 e. The van der Waals surface area contributed by atoms with Crippen LogP contribution in [0.1, 0.15) is 26.3 Å². The molecule has 4 heteroatoms. The van der Waals surface area contributed by atoms with Crippen LogP contribution in [0.2, 0.25) is 10.0 Å². The zero-order valence-corrected chi connectivity index (χ0v) is 11.5. The Morgan fingerprint density at radius 3 is 2.18 bits per heavy atom. The number of rotatable bonds is 2. The summed E-state index contributed by atoms with van der Waals surface area (Å²) in [5.74, 6) is -0.395. The van der Waals surface area contributed by atoms with Gasteiger partial charge in [-0.2, -0.15) is 0 Å². The Morgan fingerprint density at radius 1 is 1.18 bits per heavy atom. The number of ether oxygens (including phenoxy) is 1. The predicted octanol–water partition coefficient (Wildman–Crippen LogP) is 4.35. The number of hydrogen-bond donors (Lipinski definition) is 0. The van der Waals surface area contributed by atoms with Crippen molar-refractivity contribution in [3.05, 3.63) is 39.9 Å². The molecule has 0 atom stereocenters. The van der Waals surface area contributed by atoms with Gasteiger partial charge < -0.3 is 4.74 Å². The van der Waals surface area contributed by atoms with Crippen LogP contribution < -0.4 is 0 Å². The van der Waals surface area contributed by atoms with Gasteiger partial charge in [0.05, 0.1) is 0 Å². The normalized spacial score (nSPS) is 11.8. The molecule has 2 nitrogen and oxygen atoms in total. The zero-order chi connectivity index (χ0) is 13.1. The second-order valence-corrected chi connectivity index (χ2v) is 5.44. The standard InChI is InChI=1S/C13H14Cl2O2/c1-13(2,3)17-12(16)5-4-9-6-10(14)8-11(15)7-9/h4-8H,1-3H3/b5-4+. The van der Waals surface area contributed by atoms with Crippen molar-refractivity contribution in [3.8, 4) is 0 Å². The molecule has 0 bridgehead atoms. The minimum Gasteiger partial charge on any atom is -0.457 e. The quantitative estimate of drug-likeness (QED) is 0.591. The summed E-state index contributed by atoms with van der Waals surface area (Å²) in [5, 5.41) is 1.06. The van der Waals surface area contributed by atoms with Gasteiger partial charge in [-0.25, -0.2) is 4.79 Å². The average molecular weight is 273 g/mol. The van der Waals surface area contributed by atoms with Crippen LogP contribution in [-0.4, -0.2) is 11.6 Å². The zero-order valence-electron chi connectivity index (χ0n) is 9.96. The predicted molar refractivity (Wildman–Crippen MR) is 71.3 cm³/mol. The van der Waals surface area contributed by atoms with E-state index in [-0.39, 0.29) is 0 Å². The molecule has 17 heavy (non-hydrogen) atoms. The molecule has 0 N–H and O–H groups in total. The summed E-state index contributed by atoms with van der Waals surface area (Å²) in [4.78, 5) is 11.4. The first-order chi connectivity index (χ1) is 7.76. The van der Waals surface area contributed by atoms with E-state index in [4.69, 9.17) is 27.9 Å². The molecule has 1 aromatic carbocycles. The first-order valence-corrected chi connectivity index (χ1v) is 5.89. The molecule has 0 aromatic heterocycles. The van der Waals surface area contributed by atoms with Crippen LogP contribution in [0, 0.1) is 0 Å². The average Bonchev–Trinajstić information content (AvgIpc) is 2.10. The maximum absolute atomic E-state index is 11.4. The van der Waals surface area contributed by atoms with Crippen molar-refractivity contribution in [1.29, 1.82) is 0 Å². The number of halogens is 2. The monoisotopic (exact) mass is 272 g/mol. The van der Waals surface area contributed by atoms with Crippen molar-refractivity contribution >= 4 is 35.2 Å². The molecule has 0 unspecified atom stereocenters. The Balaban J connectivity index is 2.74. The lowest BCUT2D eigenvalue weighted by molar-refractivity contribution is -0.148. The number of esters is 1. The van der Waals surface area contributed by atoms with Crippen molar-refractivity contribution < 1.29 is 9.53 Å². The number of carbonyl (C=O) groups is 1. The molecule has 1 aromatic rings. The molecule has 0 aliphatic rings. The molecule has 1 rings (SSSR count). The van der Waals surface area contributed by atoms with Gasteiger partial charge in [-0.15, -0.1) is 0 Å². The highest BCUT2D eigenvalue weighted by Crippen LogP contribution is 2.20. The second-order valence-electron chi connectivity index (χ2n) is 4.57. The fraction of sp³-hybridized carbons (Fsp3) is 0.308. The summed E-state index contributed by atoms with van der Waals surface area (Å²) in [6, 6.07) is 5.07. The van der Waals surface area contributed by atoms with Crippen LogP contribution in [0.5, 0.6) is 0 Å². The van der Waals surface area contributed by atoms with Crippen LogP contribution in [-0.2, 0) is 9.53 Å². The fourth-order valence-corrected chi connectivity index (χ4v) is 1.71. The largest absolute Gasteiger partial charge is 0.457 e. The van der Waals surface area contributed by atoms with Crippen LogP contribution in [0.25, 0.3) is 6.08 Å². The summed E-state index contributed by atoms with van der Waals surface area (Å²) >= 11 is 11.7. The van der Waals surface area contributed by atoms with Crippen molar-refractivity contribution in [2.75, 3.05) is 0 Å². The van der Waals surface area contributed by atoms with Gasteiger partial charge >= 0.3 is 5.97 Å². The van der Waals surface area contributed by atoms with Crippen molar-refractivity contribution in [2.24, 2.45) is 0 Å². The maximum atomic E-state index is 11.4. The Labute approximate surface area is 111 Å². The van der Waals surface area contributed by atoms with E-state index in [1.807, 2.05) is 20.8 Å². The summed E-state index contributed by atoms with van der Waals surface area (Å²) in [6.07, 6.45) is 2.97. The van der Waals surface area contributed by atoms with Crippen molar-refractivity contribution in [2.45, 2.75) is 26.4 Å². The van der Waals surface area contributed by atoms with Gasteiger partial charge in [-0.1, -0.05) is 23.2 Å². The van der Waals surface area contributed by atoms with Gasteiger partial charge in [-0.05, 0) is 50.6 Å². The van der Waals surface area contributed by atoms with Gasteiger partial charge in [0.1, 0.15) is 5.60 Å². The van der Waals surface area contributed by atoms with Crippen LogP contribution in [0.15, 0.2) is 24.3 Å². The Bertz CT molecular complexity index is 425. The van der Waals surface area contributed by atoms with Crippen LogP contribution >= 0.6 is 23.2 Å². The Morgan fingerprint density at radius 2 is 1.71 bits per heavy atom. The third-order valence-corrected chi connectivity index (χ3v) is 2.14. The van der Waals surface area contributed by atoms with E-state index in [9.17, 15) is 4.79 Å². The van der Waals surface area contributed by atoms with Gasteiger partial charge in [0, 0.05) is 16.1 Å². The number of carbonyl (C=O) groups excluding carboxylic acids is 1.